The molecule has 5 aromatic carbocycles. The van der Waals surface area contributed by atoms with E-state index in [0.717, 1.165) is 15.2 Å². The van der Waals surface area contributed by atoms with Gasteiger partial charge in [-0.25, -0.2) is 21.6 Å². The van der Waals surface area contributed by atoms with Crippen LogP contribution in [0.4, 0.5) is 10.5 Å². The van der Waals surface area contributed by atoms with Gasteiger partial charge in [-0.05, 0) is 92.4 Å². The zero-order valence-electron chi connectivity index (χ0n) is 32.8. The number of nitrogens with one attached hydrogen (secondary N) is 1. The van der Waals surface area contributed by atoms with Crippen molar-refractivity contribution in [1.29, 1.82) is 0 Å². The van der Waals surface area contributed by atoms with Gasteiger partial charge in [-0.3, -0.25) is 10.1 Å². The average molecular weight is 937 g/mol. The van der Waals surface area contributed by atoms with Gasteiger partial charge in [0.15, 0.2) is 9.84 Å². The highest BCUT2D eigenvalue weighted by molar-refractivity contribution is 9.10. The smallest absolute Gasteiger partial charge is 0.404 e. The van der Waals surface area contributed by atoms with Crippen LogP contribution in [-0.4, -0.2) is 91.1 Å². The van der Waals surface area contributed by atoms with E-state index in [1.54, 1.807) is 72.8 Å². The maximum Gasteiger partial charge on any atom is 0.404 e. The molecule has 0 saturated carbocycles. The van der Waals surface area contributed by atoms with Crippen molar-refractivity contribution in [1.82, 2.24) is 29.8 Å². The second-order valence-corrected chi connectivity index (χ2v) is 18.0. The van der Waals surface area contributed by atoms with Crippen LogP contribution < -0.4 is 19.5 Å². The number of hydrogen-bond acceptors (Lipinski definition) is 13. The van der Waals surface area contributed by atoms with Crippen molar-refractivity contribution in [3.05, 3.63) is 134 Å². The number of carboxylic acid groups (broad SMARTS) is 1. The number of ether oxygens (including phenoxy) is 3. The molecule has 21 heteroatoms. The average Bonchev–Trinajstić information content (AvgIpc) is 3.71. The molecule has 18 nitrogen and oxygen atoms in total. The number of nitro groups is 1. The number of nitro benzene ring substituents is 1. The van der Waals surface area contributed by atoms with Crippen molar-refractivity contribution >= 4 is 47.6 Å². The normalized spacial score (nSPS) is 11.6. The Balaban J connectivity index is 1.66. The van der Waals surface area contributed by atoms with E-state index in [1.807, 2.05) is 5.32 Å². The molecule has 6 aromatic rings. The lowest BCUT2D eigenvalue weighted by Crippen LogP contribution is -2.33. The minimum atomic E-state index is -5.05. The van der Waals surface area contributed by atoms with Gasteiger partial charge in [0.2, 0.25) is 15.8 Å². The van der Waals surface area contributed by atoms with Crippen LogP contribution in [0.15, 0.2) is 117 Å². The molecule has 0 saturated heterocycles. The summed E-state index contributed by atoms with van der Waals surface area (Å²) in [4.78, 5) is 23.0. The van der Waals surface area contributed by atoms with Gasteiger partial charge in [-0.15, -0.1) is 10.2 Å². The summed E-state index contributed by atoms with van der Waals surface area (Å²) < 4.78 is 77.2. The van der Waals surface area contributed by atoms with Crippen LogP contribution >= 0.6 is 15.9 Å². The minimum Gasteiger partial charge on any atom is -0.497 e. The molecule has 0 spiro atoms. The number of hydrogen-bond donors (Lipinski definition) is 2. The Morgan fingerprint density at radius 1 is 0.803 bits per heavy atom. The summed E-state index contributed by atoms with van der Waals surface area (Å²) in [6.45, 7) is -1.15. The first-order chi connectivity index (χ1) is 29.1. The van der Waals surface area contributed by atoms with E-state index in [4.69, 9.17) is 14.2 Å². The Labute approximate surface area is 358 Å². The van der Waals surface area contributed by atoms with Gasteiger partial charge in [0.1, 0.15) is 22.1 Å². The Morgan fingerprint density at radius 3 is 1.85 bits per heavy atom. The lowest BCUT2D eigenvalue weighted by molar-refractivity contribution is -0.385. The van der Waals surface area contributed by atoms with Crippen LogP contribution in [-0.2, 0) is 39.5 Å². The number of halogens is 1. The summed E-state index contributed by atoms with van der Waals surface area (Å²) in [5, 5.41) is 36.8. The molecule has 0 fully saturated rings. The van der Waals surface area contributed by atoms with E-state index in [2.05, 4.69) is 31.3 Å². The van der Waals surface area contributed by atoms with E-state index in [0.29, 0.717) is 33.9 Å². The number of rotatable bonds is 18. The number of benzene rings is 5. The molecular weight excluding hydrogens is 899 g/mol. The molecule has 0 radical (unpaired) electrons. The van der Waals surface area contributed by atoms with E-state index in [1.165, 1.54) is 45.6 Å². The summed E-state index contributed by atoms with van der Waals surface area (Å²) in [5.41, 5.74) is 0.649. The van der Waals surface area contributed by atoms with Gasteiger partial charge in [0.05, 0.1) is 59.0 Å². The number of aromatic nitrogens is 4. The molecule has 1 aromatic heterocycles. The summed E-state index contributed by atoms with van der Waals surface area (Å²) in [7, 11) is -5.25. The van der Waals surface area contributed by atoms with E-state index in [-0.39, 0.29) is 41.1 Å². The largest absolute Gasteiger partial charge is 0.497 e. The van der Waals surface area contributed by atoms with Gasteiger partial charge in [-0.1, -0.05) is 48.5 Å². The summed E-state index contributed by atoms with van der Waals surface area (Å²) in [6.07, 6.45) is -1.50. The van der Waals surface area contributed by atoms with Crippen LogP contribution in [0, 0.1) is 10.1 Å². The van der Waals surface area contributed by atoms with Crippen LogP contribution in [0.2, 0.25) is 0 Å². The highest BCUT2D eigenvalue weighted by atomic mass is 79.9. The van der Waals surface area contributed by atoms with E-state index < -0.39 is 64.2 Å². The lowest BCUT2D eigenvalue weighted by atomic mass is 9.97. The van der Waals surface area contributed by atoms with Crippen LogP contribution in [0.3, 0.4) is 0 Å². The summed E-state index contributed by atoms with van der Waals surface area (Å²) >= 11 is 3.25. The standard InChI is InChI=1S/C40H38BrN7O11S2/c1-57-29-13-7-26(8-14-29)23-46(24-27-9-15-30(58-2)16-10-27)61(55,56)38-35(60(53,54)22-21-42-40(49)50)20-19-32(33-5-4-6-34(41)37(33)48(51)52)36(38)39-43-45-47(44-39)25-28-11-17-31(59-3)18-12-28/h4-20,42H,21-25H2,1-3H3,(H,49,50). The fraction of sp³-hybridized carbons (Fsp3) is 0.200. The van der Waals surface area contributed by atoms with Gasteiger partial charge in [-0.2, -0.15) is 9.10 Å². The molecule has 6 rings (SSSR count). The van der Waals surface area contributed by atoms with Crippen molar-refractivity contribution in [3.8, 4) is 39.8 Å². The summed E-state index contributed by atoms with van der Waals surface area (Å²) in [6, 6.07) is 26.7. The second kappa shape index (κ2) is 18.9. The predicted octanol–water partition coefficient (Wildman–Crippen LogP) is 6.18. The molecule has 0 unspecified atom stereocenters. The number of amides is 1. The number of carbonyl (C=O) groups is 1. The number of tetrazole rings is 1. The van der Waals surface area contributed by atoms with E-state index in [9.17, 15) is 28.4 Å². The van der Waals surface area contributed by atoms with Crippen LogP contribution in [0.25, 0.3) is 22.5 Å². The minimum absolute atomic E-state index is 0.0331. The lowest BCUT2D eigenvalue weighted by Gasteiger charge is -2.26. The molecule has 0 aliphatic rings. The van der Waals surface area contributed by atoms with Crippen LogP contribution in [0.5, 0.6) is 17.2 Å². The zero-order valence-corrected chi connectivity index (χ0v) is 36.0. The van der Waals surface area contributed by atoms with Crippen LogP contribution in [0.1, 0.15) is 16.7 Å². The van der Waals surface area contributed by atoms with Gasteiger partial charge in [0.25, 0.3) is 5.69 Å². The first-order valence-corrected chi connectivity index (χ1v) is 22.0. The van der Waals surface area contributed by atoms with Gasteiger partial charge < -0.3 is 24.6 Å². The first kappa shape index (κ1) is 44.1. The molecular formula is C40H38BrN7O11S2. The van der Waals surface area contributed by atoms with Gasteiger partial charge >= 0.3 is 6.09 Å². The molecule has 0 aliphatic carbocycles. The molecule has 61 heavy (non-hydrogen) atoms. The topological polar surface area (TPSA) is 235 Å². The predicted molar refractivity (Wildman–Crippen MR) is 226 cm³/mol. The number of para-hydroxylation sites is 1. The fourth-order valence-electron chi connectivity index (χ4n) is 6.36. The third-order valence-corrected chi connectivity index (χ3v) is 13.8. The number of sulfonamides is 1. The van der Waals surface area contributed by atoms with Crippen molar-refractivity contribution < 1.29 is 45.9 Å². The number of sulfone groups is 1. The molecule has 318 valence electrons. The Hall–Kier alpha value is -6.42. The number of nitrogens with zero attached hydrogens (tertiary/aromatic N) is 6. The quantitative estimate of drug-likeness (QED) is 0.0723. The summed E-state index contributed by atoms with van der Waals surface area (Å²) in [5.74, 6) is 0.381. The molecule has 0 aliphatic heterocycles. The van der Waals surface area contributed by atoms with Crippen molar-refractivity contribution in [3.63, 3.8) is 0 Å². The molecule has 2 N–H and O–H groups in total. The fourth-order valence-corrected chi connectivity index (χ4v) is 10.5. The molecule has 1 amide bonds. The number of methoxy groups -OCH3 is 3. The highest BCUT2D eigenvalue weighted by Gasteiger charge is 2.39. The second-order valence-electron chi connectivity index (χ2n) is 13.2. The first-order valence-electron chi connectivity index (χ1n) is 18.1. The van der Waals surface area contributed by atoms with Crippen molar-refractivity contribution in [2.45, 2.75) is 29.4 Å². The SMILES string of the molecule is COc1ccc(CN(Cc2ccc(OC)cc2)S(=O)(=O)c2c(S(=O)(=O)CCNC(=O)O)ccc(-c3cccc(Br)c3[N+](=O)[O-])c2-c2nnn(Cc3ccc(OC)cc3)n2)cc1. The maximum absolute atomic E-state index is 15.7. The Bertz CT molecular complexity index is 2720. The van der Waals surface area contributed by atoms with Gasteiger partial charge in [0, 0.05) is 25.2 Å². The maximum atomic E-state index is 15.7. The molecule has 1 heterocycles. The Morgan fingerprint density at radius 2 is 1.34 bits per heavy atom. The third-order valence-electron chi connectivity index (χ3n) is 9.36. The van der Waals surface area contributed by atoms with Crippen molar-refractivity contribution in [2.75, 3.05) is 33.6 Å². The monoisotopic (exact) mass is 935 g/mol. The zero-order chi connectivity index (χ0) is 43.9. The third kappa shape index (κ3) is 10.1. The Kier molecular flexibility index (Phi) is 13.7. The van der Waals surface area contributed by atoms with E-state index >= 15 is 8.42 Å². The van der Waals surface area contributed by atoms with Crippen molar-refractivity contribution in [2.24, 2.45) is 0 Å². The highest BCUT2D eigenvalue weighted by Crippen LogP contribution is 2.45. The molecule has 0 atom stereocenters. The molecule has 0 bridgehead atoms.